The molecule has 3 rings (SSSR count). The second-order valence-electron chi connectivity index (χ2n) is 6.23. The highest BCUT2D eigenvalue weighted by Crippen LogP contribution is 2.22. The van der Waals surface area contributed by atoms with Gasteiger partial charge in [-0.2, -0.15) is 5.10 Å². The average Bonchev–Trinajstić information content (AvgIpc) is 2.88. The first kappa shape index (κ1) is 17.7. The maximum Gasteiger partial charge on any atom is 0.336 e. The van der Waals surface area contributed by atoms with Gasteiger partial charge >= 0.3 is 5.97 Å². The molecular formula is C22H22N2O2. The van der Waals surface area contributed by atoms with E-state index >= 15 is 0 Å². The Morgan fingerprint density at radius 1 is 1.08 bits per heavy atom. The third-order valence-corrected chi connectivity index (χ3v) is 4.37. The van der Waals surface area contributed by atoms with E-state index < -0.39 is 5.97 Å². The smallest absolute Gasteiger partial charge is 0.336 e. The summed E-state index contributed by atoms with van der Waals surface area (Å²) in [4.78, 5) is 12.3. The van der Waals surface area contributed by atoms with E-state index in [2.05, 4.69) is 17.2 Å². The quantitative estimate of drug-likeness (QED) is 0.394. The molecule has 4 heteroatoms. The number of nitrogens with zero attached hydrogens (tertiary/aromatic N) is 2. The van der Waals surface area contributed by atoms with Crippen LogP contribution in [-0.2, 0) is 18.3 Å². The van der Waals surface area contributed by atoms with Crippen molar-refractivity contribution in [1.82, 2.24) is 9.78 Å². The molecule has 2 aromatic carbocycles. The first-order valence-electron chi connectivity index (χ1n) is 8.56. The molecule has 0 fully saturated rings. The van der Waals surface area contributed by atoms with Crippen LogP contribution in [0, 0.1) is 13.8 Å². The molecule has 0 amide bonds. The number of aryl methyl sites for hydroxylation is 2. The molecule has 26 heavy (non-hydrogen) atoms. The van der Waals surface area contributed by atoms with E-state index in [4.69, 9.17) is 4.74 Å². The third-order valence-electron chi connectivity index (χ3n) is 4.37. The predicted octanol–water partition coefficient (Wildman–Crippen LogP) is 4.25. The van der Waals surface area contributed by atoms with E-state index in [9.17, 15) is 4.79 Å². The molecule has 0 N–H and O–H groups in total. The summed E-state index contributed by atoms with van der Waals surface area (Å²) in [5.74, 6) is 0.193. The predicted molar refractivity (Wildman–Crippen MR) is 103 cm³/mol. The summed E-state index contributed by atoms with van der Waals surface area (Å²) < 4.78 is 7.37. The van der Waals surface area contributed by atoms with Gasteiger partial charge in [0, 0.05) is 30.8 Å². The molecule has 0 aliphatic heterocycles. The number of ether oxygens (including phenoxy) is 1. The number of hydrogen-bond acceptors (Lipinski definition) is 3. The molecule has 0 saturated heterocycles. The number of hydrogen-bond donors (Lipinski definition) is 0. The van der Waals surface area contributed by atoms with Gasteiger partial charge in [-0.25, -0.2) is 4.79 Å². The molecule has 0 unspecified atom stereocenters. The van der Waals surface area contributed by atoms with Crippen molar-refractivity contribution in [1.29, 1.82) is 0 Å². The second kappa shape index (κ2) is 7.83. The summed E-state index contributed by atoms with van der Waals surface area (Å²) in [6.07, 6.45) is 3.94. The van der Waals surface area contributed by atoms with Crippen LogP contribution < -0.4 is 4.74 Å². The summed E-state index contributed by atoms with van der Waals surface area (Å²) in [5.41, 5.74) is 5.00. The van der Waals surface area contributed by atoms with Gasteiger partial charge in [-0.15, -0.1) is 0 Å². The van der Waals surface area contributed by atoms with Crippen molar-refractivity contribution in [2.45, 2.75) is 20.3 Å². The Labute approximate surface area is 153 Å². The van der Waals surface area contributed by atoms with Crippen molar-refractivity contribution in [2.75, 3.05) is 0 Å². The Hall–Kier alpha value is -3.14. The zero-order valence-corrected chi connectivity index (χ0v) is 15.3. The van der Waals surface area contributed by atoms with Crippen LogP contribution in [0.1, 0.15) is 28.1 Å². The summed E-state index contributed by atoms with van der Waals surface area (Å²) in [5, 5.41) is 4.35. The molecule has 0 saturated carbocycles. The van der Waals surface area contributed by atoms with Gasteiger partial charge in [-0.05, 0) is 37.1 Å². The lowest BCUT2D eigenvalue weighted by molar-refractivity contribution is -0.128. The van der Waals surface area contributed by atoms with Gasteiger partial charge in [0.1, 0.15) is 5.75 Å². The van der Waals surface area contributed by atoms with Gasteiger partial charge in [0.25, 0.3) is 0 Å². The number of esters is 1. The normalized spacial score (nSPS) is 11.0. The van der Waals surface area contributed by atoms with Gasteiger partial charge < -0.3 is 4.74 Å². The van der Waals surface area contributed by atoms with Crippen LogP contribution in [0.2, 0.25) is 0 Å². The number of carbonyl (C=O) groups excluding carboxylic acids is 1. The zero-order valence-electron chi connectivity index (χ0n) is 15.3. The van der Waals surface area contributed by atoms with Gasteiger partial charge in [-0.3, -0.25) is 4.68 Å². The SMILES string of the molecule is Cc1nn(C)c(C)c1/C=C/C(=O)Oc1ccccc1Cc1ccccc1. The Kier molecular flexibility index (Phi) is 5.32. The van der Waals surface area contributed by atoms with Gasteiger partial charge in [-0.1, -0.05) is 48.5 Å². The lowest BCUT2D eigenvalue weighted by atomic mass is 10.0. The number of aromatic nitrogens is 2. The van der Waals surface area contributed by atoms with Crippen LogP contribution in [-0.4, -0.2) is 15.7 Å². The third kappa shape index (κ3) is 4.09. The fourth-order valence-electron chi connectivity index (χ4n) is 2.89. The Morgan fingerprint density at radius 3 is 2.46 bits per heavy atom. The Bertz CT molecular complexity index is 940. The summed E-state index contributed by atoms with van der Waals surface area (Å²) in [7, 11) is 1.89. The molecule has 0 spiro atoms. The average molecular weight is 346 g/mol. The van der Waals surface area contributed by atoms with Crippen molar-refractivity contribution in [3.63, 3.8) is 0 Å². The van der Waals surface area contributed by atoms with Crippen molar-refractivity contribution in [2.24, 2.45) is 7.05 Å². The van der Waals surface area contributed by atoms with Crippen LogP contribution in [0.25, 0.3) is 6.08 Å². The minimum Gasteiger partial charge on any atom is -0.423 e. The number of para-hydroxylation sites is 1. The Balaban J connectivity index is 1.74. The molecule has 0 atom stereocenters. The van der Waals surface area contributed by atoms with E-state index in [1.54, 1.807) is 10.8 Å². The van der Waals surface area contributed by atoms with Crippen LogP contribution in [0.3, 0.4) is 0 Å². The second-order valence-corrected chi connectivity index (χ2v) is 6.23. The van der Waals surface area contributed by atoms with Crippen molar-refractivity contribution in [3.05, 3.63) is 88.8 Å². The molecule has 4 nitrogen and oxygen atoms in total. The van der Waals surface area contributed by atoms with Crippen LogP contribution >= 0.6 is 0 Å². The fourth-order valence-corrected chi connectivity index (χ4v) is 2.89. The first-order chi connectivity index (χ1) is 12.5. The number of benzene rings is 2. The molecule has 3 aromatic rings. The van der Waals surface area contributed by atoms with Gasteiger partial charge in [0.15, 0.2) is 0 Å². The summed E-state index contributed by atoms with van der Waals surface area (Å²) in [6.45, 7) is 3.90. The zero-order chi connectivity index (χ0) is 18.5. The fraction of sp³-hybridized carbons (Fsp3) is 0.182. The minimum absolute atomic E-state index is 0.395. The van der Waals surface area contributed by atoms with Crippen LogP contribution in [0.5, 0.6) is 5.75 Å². The molecule has 132 valence electrons. The lowest BCUT2D eigenvalue weighted by Crippen LogP contribution is -2.06. The summed E-state index contributed by atoms with van der Waals surface area (Å²) >= 11 is 0. The highest BCUT2D eigenvalue weighted by Gasteiger charge is 2.09. The molecule has 0 bridgehead atoms. The van der Waals surface area contributed by atoms with Crippen LogP contribution in [0.4, 0.5) is 0 Å². The molecular weight excluding hydrogens is 324 g/mol. The van der Waals surface area contributed by atoms with E-state index in [1.165, 1.54) is 11.6 Å². The van der Waals surface area contributed by atoms with E-state index in [-0.39, 0.29) is 0 Å². The van der Waals surface area contributed by atoms with E-state index in [1.807, 2.05) is 63.4 Å². The highest BCUT2D eigenvalue weighted by atomic mass is 16.5. The minimum atomic E-state index is -0.395. The maximum absolute atomic E-state index is 12.3. The first-order valence-corrected chi connectivity index (χ1v) is 8.56. The van der Waals surface area contributed by atoms with E-state index in [0.717, 1.165) is 28.9 Å². The maximum atomic E-state index is 12.3. The Morgan fingerprint density at radius 2 is 1.77 bits per heavy atom. The molecule has 0 radical (unpaired) electrons. The molecule has 1 aromatic heterocycles. The number of carbonyl (C=O) groups is 1. The standard InChI is InChI=1S/C22H22N2O2/c1-16-20(17(2)24(3)23-16)13-14-22(25)26-21-12-8-7-11-19(21)15-18-9-5-4-6-10-18/h4-14H,15H2,1-3H3/b14-13+. The van der Waals surface area contributed by atoms with Gasteiger partial charge in [0.2, 0.25) is 0 Å². The summed E-state index contributed by atoms with van der Waals surface area (Å²) in [6, 6.07) is 17.8. The lowest BCUT2D eigenvalue weighted by Gasteiger charge is -2.09. The van der Waals surface area contributed by atoms with Crippen molar-refractivity contribution < 1.29 is 9.53 Å². The van der Waals surface area contributed by atoms with Crippen molar-refractivity contribution in [3.8, 4) is 5.75 Å². The molecule has 0 aliphatic rings. The topological polar surface area (TPSA) is 44.1 Å². The highest BCUT2D eigenvalue weighted by molar-refractivity contribution is 5.89. The van der Waals surface area contributed by atoms with E-state index in [0.29, 0.717) is 5.75 Å². The largest absolute Gasteiger partial charge is 0.423 e. The van der Waals surface area contributed by atoms with Gasteiger partial charge in [0.05, 0.1) is 5.69 Å². The van der Waals surface area contributed by atoms with Crippen molar-refractivity contribution >= 4 is 12.0 Å². The molecule has 0 aliphatic carbocycles. The molecule has 1 heterocycles. The monoisotopic (exact) mass is 346 g/mol. The number of rotatable bonds is 5. The van der Waals surface area contributed by atoms with Crippen LogP contribution in [0.15, 0.2) is 60.7 Å².